The SMILES string of the molecule is CCOC(=O)CC(C)NCCNC(=O)C1CC1. The molecular weight excluding hydrogens is 220 g/mol. The molecule has 0 saturated heterocycles. The molecule has 1 atom stereocenters. The van der Waals surface area contributed by atoms with Gasteiger partial charge < -0.3 is 15.4 Å². The Kier molecular flexibility index (Phi) is 5.97. The number of ether oxygens (including phenoxy) is 1. The van der Waals surface area contributed by atoms with Gasteiger partial charge in [0, 0.05) is 25.0 Å². The number of nitrogens with one attached hydrogen (secondary N) is 2. The molecule has 17 heavy (non-hydrogen) atoms. The third-order valence-corrected chi connectivity index (χ3v) is 2.64. The molecule has 0 aromatic rings. The van der Waals surface area contributed by atoms with Crippen molar-refractivity contribution < 1.29 is 14.3 Å². The minimum Gasteiger partial charge on any atom is -0.466 e. The first-order valence-corrected chi connectivity index (χ1v) is 6.30. The smallest absolute Gasteiger partial charge is 0.307 e. The number of amides is 1. The first-order chi connectivity index (χ1) is 8.13. The van der Waals surface area contributed by atoms with Crippen molar-refractivity contribution >= 4 is 11.9 Å². The van der Waals surface area contributed by atoms with Gasteiger partial charge in [-0.05, 0) is 26.7 Å². The van der Waals surface area contributed by atoms with Crippen LogP contribution in [0.1, 0.15) is 33.1 Å². The van der Waals surface area contributed by atoms with E-state index in [0.29, 0.717) is 26.1 Å². The molecule has 2 N–H and O–H groups in total. The van der Waals surface area contributed by atoms with Crippen LogP contribution < -0.4 is 10.6 Å². The molecular formula is C12H22N2O3. The van der Waals surface area contributed by atoms with E-state index in [0.717, 1.165) is 12.8 Å². The molecule has 0 spiro atoms. The lowest BCUT2D eigenvalue weighted by Crippen LogP contribution is -2.37. The van der Waals surface area contributed by atoms with Gasteiger partial charge in [0.25, 0.3) is 0 Å². The molecule has 0 aromatic heterocycles. The molecule has 0 heterocycles. The Morgan fingerprint density at radius 3 is 2.65 bits per heavy atom. The Labute approximate surface area is 102 Å². The Morgan fingerprint density at radius 2 is 2.06 bits per heavy atom. The van der Waals surface area contributed by atoms with Gasteiger partial charge in [-0.3, -0.25) is 9.59 Å². The molecule has 0 bridgehead atoms. The molecule has 5 nitrogen and oxygen atoms in total. The fraction of sp³-hybridized carbons (Fsp3) is 0.833. The van der Waals surface area contributed by atoms with E-state index in [1.807, 2.05) is 6.92 Å². The minimum atomic E-state index is -0.186. The predicted molar refractivity (Wildman–Crippen MR) is 64.4 cm³/mol. The largest absolute Gasteiger partial charge is 0.466 e. The van der Waals surface area contributed by atoms with Crippen LogP contribution in [0.4, 0.5) is 0 Å². The maximum Gasteiger partial charge on any atom is 0.307 e. The molecule has 1 amide bonds. The highest BCUT2D eigenvalue weighted by atomic mass is 16.5. The van der Waals surface area contributed by atoms with Crippen LogP contribution >= 0.6 is 0 Å². The number of hydrogen-bond acceptors (Lipinski definition) is 4. The zero-order valence-corrected chi connectivity index (χ0v) is 10.6. The predicted octanol–water partition coefficient (Wildman–Crippen LogP) is 0.444. The highest BCUT2D eigenvalue weighted by molar-refractivity contribution is 5.80. The third-order valence-electron chi connectivity index (χ3n) is 2.64. The highest BCUT2D eigenvalue weighted by Crippen LogP contribution is 2.28. The van der Waals surface area contributed by atoms with Crippen LogP contribution in [-0.2, 0) is 14.3 Å². The van der Waals surface area contributed by atoms with Crippen molar-refractivity contribution in [2.24, 2.45) is 5.92 Å². The summed E-state index contributed by atoms with van der Waals surface area (Å²) in [7, 11) is 0. The fourth-order valence-corrected chi connectivity index (χ4v) is 1.54. The van der Waals surface area contributed by atoms with Crippen molar-refractivity contribution in [1.82, 2.24) is 10.6 Å². The third kappa shape index (κ3) is 6.26. The number of esters is 1. The number of rotatable bonds is 8. The Balaban J connectivity index is 1.97. The van der Waals surface area contributed by atoms with Crippen LogP contribution in [0.25, 0.3) is 0 Å². The molecule has 5 heteroatoms. The zero-order chi connectivity index (χ0) is 12.7. The van der Waals surface area contributed by atoms with Crippen LogP contribution in [-0.4, -0.2) is 37.6 Å². The zero-order valence-electron chi connectivity index (χ0n) is 10.6. The minimum absolute atomic E-state index is 0.0758. The van der Waals surface area contributed by atoms with Crippen molar-refractivity contribution in [2.75, 3.05) is 19.7 Å². The van der Waals surface area contributed by atoms with Crippen LogP contribution in [0.3, 0.4) is 0 Å². The molecule has 1 saturated carbocycles. The number of hydrogen-bond donors (Lipinski definition) is 2. The monoisotopic (exact) mass is 242 g/mol. The summed E-state index contributed by atoms with van der Waals surface area (Å²) in [6.07, 6.45) is 2.42. The average molecular weight is 242 g/mol. The molecule has 1 aliphatic carbocycles. The summed E-state index contributed by atoms with van der Waals surface area (Å²) >= 11 is 0. The van der Waals surface area contributed by atoms with Gasteiger partial charge in [0.05, 0.1) is 13.0 Å². The molecule has 98 valence electrons. The normalized spacial score (nSPS) is 16.4. The van der Waals surface area contributed by atoms with E-state index in [9.17, 15) is 9.59 Å². The summed E-state index contributed by atoms with van der Waals surface area (Å²) in [5, 5.41) is 6.03. The van der Waals surface area contributed by atoms with Crippen LogP contribution in [0.2, 0.25) is 0 Å². The highest BCUT2D eigenvalue weighted by Gasteiger charge is 2.28. The van der Waals surface area contributed by atoms with Crippen molar-refractivity contribution in [3.8, 4) is 0 Å². The summed E-state index contributed by atoms with van der Waals surface area (Å²) in [5.41, 5.74) is 0. The van der Waals surface area contributed by atoms with E-state index in [1.165, 1.54) is 0 Å². The van der Waals surface area contributed by atoms with E-state index >= 15 is 0 Å². The van der Waals surface area contributed by atoms with Gasteiger partial charge in [-0.25, -0.2) is 0 Å². The standard InChI is InChI=1S/C12H22N2O3/c1-3-17-11(15)8-9(2)13-6-7-14-12(16)10-4-5-10/h9-10,13H,3-8H2,1-2H3,(H,14,16). The first kappa shape index (κ1) is 14.0. The Morgan fingerprint density at radius 1 is 1.35 bits per heavy atom. The summed E-state index contributed by atoms with van der Waals surface area (Å²) < 4.78 is 4.85. The molecule has 0 radical (unpaired) electrons. The quantitative estimate of drug-likeness (QED) is 0.479. The van der Waals surface area contributed by atoms with Gasteiger partial charge in [0.2, 0.25) is 5.91 Å². The summed E-state index contributed by atoms with van der Waals surface area (Å²) in [5.74, 6) is 0.228. The molecule has 1 aliphatic rings. The van der Waals surface area contributed by atoms with Crippen LogP contribution in [0.5, 0.6) is 0 Å². The lowest BCUT2D eigenvalue weighted by Gasteiger charge is -2.13. The van der Waals surface area contributed by atoms with E-state index < -0.39 is 0 Å². The average Bonchev–Trinajstić information content (AvgIpc) is 3.08. The molecule has 1 fully saturated rings. The lowest BCUT2D eigenvalue weighted by molar-refractivity contribution is -0.143. The van der Waals surface area contributed by atoms with Gasteiger partial charge in [0.1, 0.15) is 0 Å². The van der Waals surface area contributed by atoms with E-state index in [4.69, 9.17) is 4.74 Å². The maximum absolute atomic E-state index is 11.3. The van der Waals surface area contributed by atoms with E-state index in [-0.39, 0.29) is 23.8 Å². The maximum atomic E-state index is 11.3. The van der Waals surface area contributed by atoms with Gasteiger partial charge in [0.15, 0.2) is 0 Å². The van der Waals surface area contributed by atoms with Crippen LogP contribution in [0, 0.1) is 5.92 Å². The molecule has 0 aromatic carbocycles. The molecule has 0 aliphatic heterocycles. The fourth-order valence-electron chi connectivity index (χ4n) is 1.54. The van der Waals surface area contributed by atoms with Crippen molar-refractivity contribution in [1.29, 1.82) is 0 Å². The summed E-state index contributed by atoms with van der Waals surface area (Å²) in [6, 6.07) is 0.0758. The topological polar surface area (TPSA) is 67.4 Å². The first-order valence-electron chi connectivity index (χ1n) is 6.30. The summed E-state index contributed by atoms with van der Waals surface area (Å²) in [4.78, 5) is 22.5. The second-order valence-corrected chi connectivity index (χ2v) is 4.43. The van der Waals surface area contributed by atoms with Gasteiger partial charge in [-0.2, -0.15) is 0 Å². The number of carbonyl (C=O) groups excluding carboxylic acids is 2. The van der Waals surface area contributed by atoms with Crippen molar-refractivity contribution in [2.45, 2.75) is 39.2 Å². The van der Waals surface area contributed by atoms with Gasteiger partial charge in [-0.15, -0.1) is 0 Å². The van der Waals surface area contributed by atoms with Crippen molar-refractivity contribution in [3.63, 3.8) is 0 Å². The Bertz CT molecular complexity index is 264. The van der Waals surface area contributed by atoms with Crippen LogP contribution in [0.15, 0.2) is 0 Å². The molecule has 1 unspecified atom stereocenters. The Hall–Kier alpha value is -1.10. The van der Waals surface area contributed by atoms with E-state index in [1.54, 1.807) is 6.92 Å². The lowest BCUT2D eigenvalue weighted by atomic mass is 10.2. The second kappa shape index (κ2) is 7.27. The second-order valence-electron chi connectivity index (χ2n) is 4.43. The van der Waals surface area contributed by atoms with Gasteiger partial charge >= 0.3 is 5.97 Å². The van der Waals surface area contributed by atoms with Gasteiger partial charge in [-0.1, -0.05) is 0 Å². The summed E-state index contributed by atoms with van der Waals surface area (Å²) in [6.45, 7) is 5.44. The van der Waals surface area contributed by atoms with Crippen molar-refractivity contribution in [3.05, 3.63) is 0 Å². The molecule has 1 rings (SSSR count). The van der Waals surface area contributed by atoms with E-state index in [2.05, 4.69) is 10.6 Å². The number of carbonyl (C=O) groups is 2.